The molecule has 1 aliphatic rings. The first-order valence-electron chi connectivity index (χ1n) is 12.9. The van der Waals surface area contributed by atoms with Gasteiger partial charge in [-0.3, -0.25) is 9.59 Å². The minimum Gasteiger partial charge on any atom is -0.502 e. The van der Waals surface area contributed by atoms with Gasteiger partial charge in [0.2, 0.25) is 17.1 Å². The van der Waals surface area contributed by atoms with E-state index < -0.39 is 17.1 Å². The minimum absolute atomic E-state index is 0.0154. The Kier molecular flexibility index (Phi) is 7.70. The van der Waals surface area contributed by atoms with Gasteiger partial charge in [-0.25, -0.2) is 0 Å². The van der Waals surface area contributed by atoms with Crippen molar-refractivity contribution in [1.82, 2.24) is 9.88 Å². The molecule has 0 fully saturated rings. The third-order valence-corrected chi connectivity index (χ3v) is 7.33. The molecule has 1 aliphatic heterocycles. The topological polar surface area (TPSA) is 123 Å². The van der Waals surface area contributed by atoms with Crippen LogP contribution in [0, 0.1) is 0 Å². The number of hydrogen-bond acceptors (Lipinski definition) is 8. The Morgan fingerprint density at radius 3 is 2.50 bits per heavy atom. The molecule has 2 N–H and O–H groups in total. The highest BCUT2D eigenvalue weighted by molar-refractivity contribution is 5.86. The maximum Gasteiger partial charge on any atom is 0.227 e. The zero-order chi connectivity index (χ0) is 28.4. The lowest BCUT2D eigenvalue weighted by atomic mass is 9.90. The fourth-order valence-electron chi connectivity index (χ4n) is 5.38. The average Bonchev–Trinajstić information content (AvgIpc) is 3.35. The van der Waals surface area contributed by atoms with Gasteiger partial charge in [0.25, 0.3) is 0 Å². The lowest BCUT2D eigenvalue weighted by molar-refractivity contribution is -0.132. The molecular formula is C30H32N2O8. The largest absolute Gasteiger partial charge is 0.502 e. The van der Waals surface area contributed by atoms with Crippen LogP contribution >= 0.6 is 0 Å². The van der Waals surface area contributed by atoms with Gasteiger partial charge in [0, 0.05) is 54.4 Å². The average molecular weight is 549 g/mol. The minimum atomic E-state index is -0.879. The second-order valence-electron chi connectivity index (χ2n) is 9.62. The van der Waals surface area contributed by atoms with Crippen LogP contribution in [0.1, 0.15) is 40.7 Å². The number of nitrogens with zero attached hydrogens (tertiary/aromatic N) is 1. The molecule has 0 aliphatic carbocycles. The van der Waals surface area contributed by atoms with Gasteiger partial charge in [-0.05, 0) is 24.1 Å². The maximum atomic E-state index is 13.9. The maximum absolute atomic E-state index is 13.9. The number of carbonyl (C=O) groups is 1. The zero-order valence-electron chi connectivity index (χ0n) is 22.9. The number of benzene rings is 2. The number of aromatic nitrogens is 1. The van der Waals surface area contributed by atoms with Crippen LogP contribution in [0.4, 0.5) is 0 Å². The van der Waals surface area contributed by atoms with E-state index in [1.165, 1.54) is 45.5 Å². The summed E-state index contributed by atoms with van der Waals surface area (Å²) >= 11 is 0. The highest BCUT2D eigenvalue weighted by Crippen LogP contribution is 2.43. The standard InChI is InChI=1S/C30H32N2O8/c1-36-16-17-11-24(33)29(35)30(40-17)21(20-12-26(38-3)27(39-4)14-25(20)37-2)13-28(34)32-10-9-19-18-7-5-6-8-22(18)31-23(19)15-32/h5-8,11-12,14,21,31,35H,9-10,13,15-16H2,1-4H3/t21-/m0/s1. The van der Waals surface area contributed by atoms with E-state index in [1.54, 1.807) is 17.0 Å². The van der Waals surface area contributed by atoms with Crippen molar-refractivity contribution in [2.75, 3.05) is 35.0 Å². The summed E-state index contributed by atoms with van der Waals surface area (Å²) in [6.07, 6.45) is 0.605. The number of ether oxygens (including phenoxy) is 4. The molecule has 2 aromatic carbocycles. The predicted molar refractivity (Wildman–Crippen MR) is 147 cm³/mol. The number of aromatic amines is 1. The van der Waals surface area contributed by atoms with Crippen molar-refractivity contribution >= 4 is 16.8 Å². The van der Waals surface area contributed by atoms with Gasteiger partial charge in [-0.2, -0.15) is 0 Å². The Morgan fingerprint density at radius 1 is 1.05 bits per heavy atom. The molecule has 3 heterocycles. The lowest BCUT2D eigenvalue weighted by Gasteiger charge is -2.29. The van der Waals surface area contributed by atoms with E-state index in [1.807, 2.05) is 18.2 Å². The Bertz CT molecular complexity index is 1610. The molecule has 1 atom stereocenters. The van der Waals surface area contributed by atoms with E-state index in [9.17, 15) is 14.7 Å². The van der Waals surface area contributed by atoms with Crippen LogP contribution in [-0.2, 0) is 29.1 Å². The molecule has 0 unspecified atom stereocenters. The molecule has 0 saturated carbocycles. The molecule has 5 rings (SSSR count). The van der Waals surface area contributed by atoms with E-state index in [4.69, 9.17) is 23.4 Å². The van der Waals surface area contributed by atoms with Gasteiger partial charge in [0.1, 0.15) is 18.1 Å². The number of hydrogen-bond donors (Lipinski definition) is 2. The molecule has 4 aromatic rings. The fraction of sp³-hybridized carbons (Fsp3) is 0.333. The molecule has 0 saturated heterocycles. The lowest BCUT2D eigenvalue weighted by Crippen LogP contribution is -2.36. The monoisotopic (exact) mass is 548 g/mol. The third kappa shape index (κ3) is 4.98. The summed E-state index contributed by atoms with van der Waals surface area (Å²) in [4.78, 5) is 31.8. The number of para-hydroxylation sites is 1. The summed E-state index contributed by atoms with van der Waals surface area (Å²) in [5.74, 6) is -0.265. The quantitative estimate of drug-likeness (QED) is 0.320. The van der Waals surface area contributed by atoms with Crippen LogP contribution in [0.5, 0.6) is 23.0 Å². The molecule has 10 heteroatoms. The predicted octanol–water partition coefficient (Wildman–Crippen LogP) is 4.11. The Balaban J connectivity index is 1.56. The van der Waals surface area contributed by atoms with E-state index >= 15 is 0 Å². The van der Waals surface area contributed by atoms with Crippen molar-refractivity contribution in [2.45, 2.75) is 31.9 Å². The van der Waals surface area contributed by atoms with Gasteiger partial charge in [0.15, 0.2) is 17.3 Å². The zero-order valence-corrected chi connectivity index (χ0v) is 22.9. The third-order valence-electron chi connectivity index (χ3n) is 7.33. The normalized spacial score (nSPS) is 13.7. The summed E-state index contributed by atoms with van der Waals surface area (Å²) in [5.41, 5.74) is 3.11. The number of aromatic hydroxyl groups is 1. The molecule has 10 nitrogen and oxygen atoms in total. The van der Waals surface area contributed by atoms with Crippen molar-refractivity contribution in [3.63, 3.8) is 0 Å². The second-order valence-corrected chi connectivity index (χ2v) is 9.62. The van der Waals surface area contributed by atoms with Crippen molar-refractivity contribution < 1.29 is 33.3 Å². The molecule has 0 spiro atoms. The van der Waals surface area contributed by atoms with Gasteiger partial charge < -0.3 is 38.4 Å². The van der Waals surface area contributed by atoms with Gasteiger partial charge in [-0.1, -0.05) is 18.2 Å². The SMILES string of the molecule is COCc1cc(=O)c(O)c([C@@H](CC(=O)N2CCc3c([nH]c4ccccc34)C2)c2cc(OC)c(OC)cc2OC)o1. The summed E-state index contributed by atoms with van der Waals surface area (Å²) in [6, 6.07) is 12.6. The van der Waals surface area contributed by atoms with E-state index in [2.05, 4.69) is 11.1 Å². The Hall–Kier alpha value is -4.44. The highest BCUT2D eigenvalue weighted by atomic mass is 16.5. The summed E-state index contributed by atoms with van der Waals surface area (Å²) in [5, 5.41) is 12.0. The summed E-state index contributed by atoms with van der Waals surface area (Å²) in [6.45, 7) is 0.961. The molecule has 1 amide bonds. The summed E-state index contributed by atoms with van der Waals surface area (Å²) in [7, 11) is 5.96. The highest BCUT2D eigenvalue weighted by Gasteiger charge is 2.33. The Labute approximate surface area is 231 Å². The molecule has 0 radical (unpaired) electrons. The van der Waals surface area contributed by atoms with E-state index in [0.29, 0.717) is 42.3 Å². The fourth-order valence-corrected chi connectivity index (χ4v) is 5.38. The number of H-pyrrole nitrogens is 1. The number of carbonyl (C=O) groups excluding carboxylic acids is 1. The van der Waals surface area contributed by atoms with Crippen molar-refractivity contribution in [2.24, 2.45) is 0 Å². The smallest absolute Gasteiger partial charge is 0.227 e. The first-order valence-corrected chi connectivity index (χ1v) is 12.9. The number of nitrogens with one attached hydrogen (secondary N) is 1. The number of fused-ring (bicyclic) bond motifs is 3. The number of rotatable bonds is 9. The van der Waals surface area contributed by atoms with Crippen LogP contribution < -0.4 is 19.6 Å². The van der Waals surface area contributed by atoms with Crippen LogP contribution in [0.25, 0.3) is 10.9 Å². The van der Waals surface area contributed by atoms with Crippen molar-refractivity contribution in [3.8, 4) is 23.0 Å². The van der Waals surface area contributed by atoms with Crippen LogP contribution in [0.2, 0.25) is 0 Å². The second kappa shape index (κ2) is 11.4. The van der Waals surface area contributed by atoms with E-state index in [0.717, 1.165) is 11.2 Å². The molecular weight excluding hydrogens is 516 g/mol. The number of methoxy groups -OCH3 is 4. The summed E-state index contributed by atoms with van der Waals surface area (Å²) < 4.78 is 27.7. The van der Waals surface area contributed by atoms with E-state index in [-0.39, 0.29) is 30.5 Å². The molecule has 210 valence electrons. The van der Waals surface area contributed by atoms with Crippen LogP contribution in [-0.4, -0.2) is 55.9 Å². The first-order chi connectivity index (χ1) is 19.4. The molecule has 0 bridgehead atoms. The van der Waals surface area contributed by atoms with Gasteiger partial charge in [-0.15, -0.1) is 0 Å². The van der Waals surface area contributed by atoms with Crippen molar-refractivity contribution in [3.05, 3.63) is 81.0 Å². The van der Waals surface area contributed by atoms with Crippen LogP contribution in [0.3, 0.4) is 0 Å². The van der Waals surface area contributed by atoms with Gasteiger partial charge >= 0.3 is 0 Å². The van der Waals surface area contributed by atoms with Gasteiger partial charge in [0.05, 0.1) is 33.8 Å². The first kappa shape index (κ1) is 27.1. The van der Waals surface area contributed by atoms with Crippen molar-refractivity contribution in [1.29, 1.82) is 0 Å². The van der Waals surface area contributed by atoms with Crippen LogP contribution in [0.15, 0.2) is 51.7 Å². The molecule has 40 heavy (non-hydrogen) atoms. The Morgan fingerprint density at radius 2 is 1.77 bits per heavy atom. The number of amides is 1. The molecule has 2 aromatic heterocycles.